The lowest BCUT2D eigenvalue weighted by molar-refractivity contribution is 0.102. The van der Waals surface area contributed by atoms with Crippen LogP contribution in [0.25, 0.3) is 0 Å². The van der Waals surface area contributed by atoms with Gasteiger partial charge in [-0.25, -0.2) is 4.39 Å². The predicted octanol–water partition coefficient (Wildman–Crippen LogP) is 4.62. The number of anilines is 2. The van der Waals surface area contributed by atoms with Gasteiger partial charge < -0.3 is 15.8 Å². The largest absolute Gasteiger partial charge is 0.493 e. The molecule has 0 unspecified atom stereocenters. The quantitative estimate of drug-likeness (QED) is 0.548. The third-order valence-corrected chi connectivity index (χ3v) is 3.63. The number of ether oxygens (including phenoxy) is 1. The van der Waals surface area contributed by atoms with Crippen LogP contribution in [0.3, 0.4) is 0 Å². The highest BCUT2D eigenvalue weighted by Gasteiger charge is 2.14. The molecule has 24 heavy (non-hydrogen) atoms. The van der Waals surface area contributed by atoms with Crippen molar-refractivity contribution in [1.29, 1.82) is 0 Å². The molecule has 0 aliphatic carbocycles. The van der Waals surface area contributed by atoms with Crippen LogP contribution >= 0.6 is 0 Å². The highest BCUT2D eigenvalue weighted by molar-refractivity contribution is 6.06. The highest BCUT2D eigenvalue weighted by Crippen LogP contribution is 2.22. The average Bonchev–Trinajstić information content (AvgIpc) is 2.58. The summed E-state index contributed by atoms with van der Waals surface area (Å²) in [5, 5.41) is 2.54. The molecule has 0 saturated heterocycles. The van der Waals surface area contributed by atoms with Crippen LogP contribution in [0.1, 0.15) is 43.0 Å². The first-order chi connectivity index (χ1) is 11.6. The Morgan fingerprint density at radius 3 is 2.75 bits per heavy atom. The second kappa shape index (κ2) is 8.91. The number of carbonyl (C=O) groups is 1. The van der Waals surface area contributed by atoms with Crippen molar-refractivity contribution in [2.75, 3.05) is 17.7 Å². The van der Waals surface area contributed by atoms with Gasteiger partial charge in [0, 0.05) is 5.69 Å². The van der Waals surface area contributed by atoms with E-state index in [9.17, 15) is 9.18 Å². The maximum atomic E-state index is 13.8. The number of unbranched alkanes of at least 4 members (excludes halogenated alkanes) is 3. The van der Waals surface area contributed by atoms with E-state index in [0.29, 0.717) is 23.6 Å². The summed E-state index contributed by atoms with van der Waals surface area (Å²) < 4.78 is 19.5. The number of rotatable bonds is 8. The molecule has 0 spiro atoms. The Kier molecular flexibility index (Phi) is 6.61. The molecule has 0 aromatic heterocycles. The van der Waals surface area contributed by atoms with Crippen molar-refractivity contribution >= 4 is 17.3 Å². The lowest BCUT2D eigenvalue weighted by Gasteiger charge is -2.12. The first-order valence-electron chi connectivity index (χ1n) is 8.20. The van der Waals surface area contributed by atoms with Gasteiger partial charge in [-0.1, -0.05) is 38.3 Å². The molecule has 0 heterocycles. The van der Waals surface area contributed by atoms with E-state index in [1.165, 1.54) is 24.6 Å². The van der Waals surface area contributed by atoms with Crippen LogP contribution in [-0.2, 0) is 0 Å². The number of amides is 1. The minimum Gasteiger partial charge on any atom is -0.493 e. The fourth-order valence-electron chi connectivity index (χ4n) is 2.32. The number of nitrogens with one attached hydrogen (secondary N) is 1. The maximum absolute atomic E-state index is 13.8. The minimum atomic E-state index is -0.532. The lowest BCUT2D eigenvalue weighted by Crippen LogP contribution is -2.15. The molecule has 128 valence electrons. The maximum Gasteiger partial charge on any atom is 0.259 e. The smallest absolute Gasteiger partial charge is 0.259 e. The number of halogens is 1. The van der Waals surface area contributed by atoms with Gasteiger partial charge in [0.2, 0.25) is 0 Å². The van der Waals surface area contributed by atoms with E-state index in [2.05, 4.69) is 12.2 Å². The summed E-state index contributed by atoms with van der Waals surface area (Å²) in [6.07, 6.45) is 4.36. The molecule has 1 amide bonds. The van der Waals surface area contributed by atoms with Crippen LogP contribution in [-0.4, -0.2) is 12.5 Å². The number of hydrogen-bond donors (Lipinski definition) is 2. The molecule has 0 fully saturated rings. The van der Waals surface area contributed by atoms with Crippen LogP contribution in [0.15, 0.2) is 42.5 Å². The first kappa shape index (κ1) is 17.8. The summed E-state index contributed by atoms with van der Waals surface area (Å²) in [5.41, 5.74) is 6.44. The molecule has 3 N–H and O–H groups in total. The van der Waals surface area contributed by atoms with Crippen LogP contribution in [0, 0.1) is 5.82 Å². The summed E-state index contributed by atoms with van der Waals surface area (Å²) in [6, 6.07) is 11.0. The molecule has 0 bridgehead atoms. The zero-order valence-electron chi connectivity index (χ0n) is 13.8. The van der Waals surface area contributed by atoms with Crippen LogP contribution in [0.5, 0.6) is 5.75 Å². The van der Waals surface area contributed by atoms with Crippen molar-refractivity contribution in [3.63, 3.8) is 0 Å². The second-order valence-electron chi connectivity index (χ2n) is 5.60. The Labute approximate surface area is 141 Å². The van der Waals surface area contributed by atoms with E-state index in [1.54, 1.807) is 24.3 Å². The monoisotopic (exact) mass is 330 g/mol. The van der Waals surface area contributed by atoms with Crippen molar-refractivity contribution in [3.8, 4) is 5.75 Å². The molecule has 0 atom stereocenters. The topological polar surface area (TPSA) is 64.3 Å². The van der Waals surface area contributed by atoms with Gasteiger partial charge in [0.1, 0.15) is 11.6 Å². The molecule has 0 saturated carbocycles. The minimum absolute atomic E-state index is 0.0535. The number of para-hydroxylation sites is 1. The Hall–Kier alpha value is -2.56. The zero-order valence-corrected chi connectivity index (χ0v) is 13.8. The number of carbonyl (C=O) groups excluding carboxylic acids is 1. The number of hydrogen-bond acceptors (Lipinski definition) is 3. The van der Waals surface area contributed by atoms with Gasteiger partial charge in [-0.3, -0.25) is 4.79 Å². The predicted molar refractivity (Wildman–Crippen MR) is 94.8 cm³/mol. The molecule has 2 aromatic carbocycles. The van der Waals surface area contributed by atoms with E-state index >= 15 is 0 Å². The molecule has 0 aliphatic heterocycles. The summed E-state index contributed by atoms with van der Waals surface area (Å²) in [6.45, 7) is 2.70. The first-order valence-corrected chi connectivity index (χ1v) is 8.20. The van der Waals surface area contributed by atoms with Crippen molar-refractivity contribution < 1.29 is 13.9 Å². The van der Waals surface area contributed by atoms with E-state index < -0.39 is 11.7 Å². The highest BCUT2D eigenvalue weighted by atomic mass is 19.1. The fourth-order valence-corrected chi connectivity index (χ4v) is 2.32. The van der Waals surface area contributed by atoms with Crippen molar-refractivity contribution in [2.45, 2.75) is 32.6 Å². The molecule has 2 aromatic rings. The summed E-state index contributed by atoms with van der Waals surface area (Å²) in [7, 11) is 0. The molecule has 5 heteroatoms. The summed E-state index contributed by atoms with van der Waals surface area (Å²) in [4.78, 5) is 12.4. The zero-order chi connectivity index (χ0) is 17.4. The van der Waals surface area contributed by atoms with E-state index in [4.69, 9.17) is 10.5 Å². The summed E-state index contributed by atoms with van der Waals surface area (Å²) >= 11 is 0. The van der Waals surface area contributed by atoms with Gasteiger partial charge in [-0.15, -0.1) is 0 Å². The van der Waals surface area contributed by atoms with Crippen LogP contribution in [0.2, 0.25) is 0 Å². The molecule has 0 radical (unpaired) electrons. The standard InChI is InChI=1S/C19H23FN2O2/c1-2-3-4-7-12-24-18-9-6-5-8-15(18)19(23)22-17-13-14(21)10-11-16(17)20/h5-6,8-11,13H,2-4,7,12,21H2,1H3,(H,22,23). The molecular weight excluding hydrogens is 307 g/mol. The van der Waals surface area contributed by atoms with E-state index in [0.717, 1.165) is 19.3 Å². The van der Waals surface area contributed by atoms with Gasteiger partial charge in [0.15, 0.2) is 0 Å². The number of nitrogens with two attached hydrogens (primary N) is 1. The van der Waals surface area contributed by atoms with Gasteiger partial charge in [-0.2, -0.15) is 0 Å². The number of nitrogen functional groups attached to an aromatic ring is 1. The second-order valence-corrected chi connectivity index (χ2v) is 5.60. The van der Waals surface area contributed by atoms with Gasteiger partial charge in [-0.05, 0) is 36.8 Å². The third kappa shape index (κ3) is 4.98. The fraction of sp³-hybridized carbons (Fsp3) is 0.316. The normalized spacial score (nSPS) is 10.4. The third-order valence-electron chi connectivity index (χ3n) is 3.63. The Morgan fingerprint density at radius 1 is 1.17 bits per heavy atom. The average molecular weight is 330 g/mol. The van der Waals surface area contributed by atoms with Crippen molar-refractivity contribution in [3.05, 3.63) is 53.8 Å². The Bertz CT molecular complexity index is 689. The van der Waals surface area contributed by atoms with Crippen molar-refractivity contribution in [1.82, 2.24) is 0 Å². The van der Waals surface area contributed by atoms with Gasteiger partial charge in [0.05, 0.1) is 17.9 Å². The lowest BCUT2D eigenvalue weighted by atomic mass is 10.1. The van der Waals surface area contributed by atoms with Gasteiger partial charge in [0.25, 0.3) is 5.91 Å². The van der Waals surface area contributed by atoms with Crippen LogP contribution < -0.4 is 15.8 Å². The van der Waals surface area contributed by atoms with Gasteiger partial charge >= 0.3 is 0 Å². The van der Waals surface area contributed by atoms with E-state index in [-0.39, 0.29) is 5.69 Å². The summed E-state index contributed by atoms with van der Waals surface area (Å²) in [5.74, 6) is -0.463. The Balaban J connectivity index is 2.05. The van der Waals surface area contributed by atoms with Crippen LogP contribution in [0.4, 0.5) is 15.8 Å². The van der Waals surface area contributed by atoms with Crippen molar-refractivity contribution in [2.24, 2.45) is 0 Å². The number of benzene rings is 2. The SMILES string of the molecule is CCCCCCOc1ccccc1C(=O)Nc1cc(N)ccc1F. The molecule has 4 nitrogen and oxygen atoms in total. The molecular formula is C19H23FN2O2. The molecule has 0 aliphatic rings. The van der Waals surface area contributed by atoms with E-state index in [1.807, 2.05) is 0 Å². The Morgan fingerprint density at radius 2 is 1.96 bits per heavy atom. The molecule has 2 rings (SSSR count).